The largest absolute Gasteiger partial charge is 1.00 e. The summed E-state index contributed by atoms with van der Waals surface area (Å²) in [6.07, 6.45) is 5.42. The van der Waals surface area contributed by atoms with Crippen LogP contribution < -0.4 is 29.6 Å². The van der Waals surface area contributed by atoms with Crippen LogP contribution in [0.2, 0.25) is 0 Å². The average Bonchev–Trinajstić information content (AvgIpc) is 3.02. The van der Waals surface area contributed by atoms with Gasteiger partial charge in [0, 0.05) is 16.7 Å². The van der Waals surface area contributed by atoms with Crippen molar-refractivity contribution in [3.63, 3.8) is 0 Å². The fourth-order valence-electron chi connectivity index (χ4n) is 7.76. The average molecular weight is 535 g/mol. The molecule has 8 atom stereocenters. The number of aliphatic hydroxyl groups excluding tert-OH is 1. The van der Waals surface area contributed by atoms with Crippen LogP contribution in [0, 0.1) is 34.5 Å². The summed E-state index contributed by atoms with van der Waals surface area (Å²) in [6.45, 7) is 5.24. The molecule has 0 aliphatic heterocycles. The maximum Gasteiger partial charge on any atom is 1.00 e. The first-order valence-corrected chi connectivity index (χ1v) is 13.7. The number of carbonyl (C=O) groups is 3. The molecule has 9 nitrogen and oxygen atoms in total. The molecule has 4 rings (SSSR count). The minimum Gasteiger partial charge on any atom is -1.00 e. The molecule has 0 saturated heterocycles. The van der Waals surface area contributed by atoms with Crippen LogP contribution in [0.25, 0.3) is 0 Å². The monoisotopic (exact) mass is 534 g/mol. The quantitative estimate of drug-likeness (QED) is 0.215. The van der Waals surface area contributed by atoms with Gasteiger partial charge in [-0.1, -0.05) is 32.4 Å². The van der Waals surface area contributed by atoms with Gasteiger partial charge in [-0.2, -0.15) is 8.42 Å². The van der Waals surface area contributed by atoms with Crippen molar-refractivity contribution in [2.75, 3.05) is 12.4 Å². The van der Waals surface area contributed by atoms with Crippen molar-refractivity contribution in [3.05, 3.63) is 23.8 Å². The van der Waals surface area contributed by atoms with E-state index in [1.54, 1.807) is 12.2 Å². The van der Waals surface area contributed by atoms with Gasteiger partial charge in [0.15, 0.2) is 12.4 Å². The van der Waals surface area contributed by atoms with Gasteiger partial charge in [-0.05, 0) is 55.6 Å². The minimum absolute atomic E-state index is 0. The summed E-state index contributed by atoms with van der Waals surface area (Å²) in [5.41, 5.74) is -2.19. The fraction of sp³-hybridized carbons (Fsp3) is 0.720. The molecule has 0 radical (unpaired) electrons. The second-order valence-corrected chi connectivity index (χ2v) is 12.8. The molecule has 0 bridgehead atoms. The van der Waals surface area contributed by atoms with E-state index < -0.39 is 63.2 Å². The van der Waals surface area contributed by atoms with Crippen LogP contribution in [0.1, 0.15) is 54.3 Å². The zero-order valence-corrected chi connectivity index (χ0v) is 24.1. The van der Waals surface area contributed by atoms with Crippen molar-refractivity contribution < 1.29 is 73.3 Å². The Kier molecular flexibility index (Phi) is 8.26. The third-order valence-electron chi connectivity index (χ3n) is 9.36. The molecule has 0 heterocycles. The summed E-state index contributed by atoms with van der Waals surface area (Å²) >= 11 is 0. The molecule has 0 amide bonds. The summed E-state index contributed by atoms with van der Waals surface area (Å²) < 4.78 is 35.3. The number of rotatable bonds is 6. The molecule has 36 heavy (non-hydrogen) atoms. The van der Waals surface area contributed by atoms with Gasteiger partial charge in [0.25, 0.3) is 10.1 Å². The van der Waals surface area contributed by atoms with Gasteiger partial charge in [0.05, 0.1) is 18.3 Å². The van der Waals surface area contributed by atoms with Gasteiger partial charge in [-0.3, -0.25) is 18.9 Å². The van der Waals surface area contributed by atoms with Gasteiger partial charge < -0.3 is 16.4 Å². The summed E-state index contributed by atoms with van der Waals surface area (Å²) in [6, 6.07) is 0. The van der Waals surface area contributed by atoms with Crippen LogP contribution in [-0.2, 0) is 29.2 Å². The van der Waals surface area contributed by atoms with E-state index >= 15 is 0 Å². The van der Waals surface area contributed by atoms with E-state index in [1.165, 1.54) is 0 Å². The van der Waals surface area contributed by atoms with Crippen LogP contribution in [0.3, 0.4) is 0 Å². The molecule has 11 heteroatoms. The van der Waals surface area contributed by atoms with E-state index in [2.05, 4.69) is 13.8 Å². The second-order valence-electron chi connectivity index (χ2n) is 11.3. The molecule has 0 spiro atoms. The van der Waals surface area contributed by atoms with Crippen molar-refractivity contribution in [1.29, 1.82) is 0 Å². The van der Waals surface area contributed by atoms with Crippen molar-refractivity contribution >= 4 is 27.7 Å². The number of aliphatic hydroxyl groups is 2. The van der Waals surface area contributed by atoms with Crippen molar-refractivity contribution in [2.24, 2.45) is 34.5 Å². The normalized spacial score (nSPS) is 41.3. The van der Waals surface area contributed by atoms with Gasteiger partial charge in [0.2, 0.25) is 5.78 Å². The number of esters is 1. The summed E-state index contributed by atoms with van der Waals surface area (Å²) in [4.78, 5) is 37.1. The van der Waals surface area contributed by atoms with Crippen LogP contribution >= 0.6 is 0 Å². The molecule has 0 aromatic carbocycles. The molecule has 3 fully saturated rings. The van der Waals surface area contributed by atoms with Crippen LogP contribution in [-0.4, -0.2) is 64.8 Å². The predicted molar refractivity (Wildman–Crippen MR) is 126 cm³/mol. The maximum atomic E-state index is 13.2. The molecule has 4 aliphatic carbocycles. The zero-order chi connectivity index (χ0) is 26.0. The third kappa shape index (κ3) is 4.83. The first-order valence-electron chi connectivity index (χ1n) is 12.1. The summed E-state index contributed by atoms with van der Waals surface area (Å²) in [5, 5.41) is 23.1. The summed E-state index contributed by atoms with van der Waals surface area (Å²) in [5.74, 6) is -2.56. The number of ketones is 2. The Bertz CT molecular complexity index is 1120. The van der Waals surface area contributed by atoms with Gasteiger partial charge in [-0.15, -0.1) is 0 Å². The Hall–Kier alpha value is -0.880. The van der Waals surface area contributed by atoms with Crippen LogP contribution in [0.15, 0.2) is 23.8 Å². The minimum atomic E-state index is -4.34. The van der Waals surface area contributed by atoms with Crippen LogP contribution in [0.5, 0.6) is 0 Å². The molecular weight excluding hydrogens is 499 g/mol. The number of allylic oxidation sites excluding steroid dienone is 4. The SMILES string of the molecule is CC1C[C@@H]2[C@H]([C@@H](O)C[C@@]3(C)[C@H]2CC[C@]3(O)C(=O)COC(=O)CCS(=O)(=O)O)[C@@]2(C)C=CC(=O)C=C12.[H-].[Na+]. The third-order valence-corrected chi connectivity index (χ3v) is 10.1. The van der Waals surface area contributed by atoms with Crippen molar-refractivity contribution in [1.82, 2.24) is 0 Å². The first kappa shape index (κ1) is 29.7. The van der Waals surface area contributed by atoms with Crippen molar-refractivity contribution in [3.8, 4) is 0 Å². The second kappa shape index (κ2) is 10.0. The van der Waals surface area contributed by atoms with Gasteiger partial charge >= 0.3 is 35.5 Å². The van der Waals surface area contributed by atoms with E-state index in [1.807, 2.05) is 13.0 Å². The molecule has 4 aliphatic rings. The number of carbonyl (C=O) groups excluding carboxylic acids is 3. The number of fused-ring (bicyclic) bond motifs is 5. The maximum absolute atomic E-state index is 13.2. The summed E-state index contributed by atoms with van der Waals surface area (Å²) in [7, 11) is -4.34. The molecule has 1 unspecified atom stereocenters. The van der Waals surface area contributed by atoms with E-state index in [0.717, 1.165) is 12.0 Å². The zero-order valence-electron chi connectivity index (χ0n) is 22.3. The number of hydrogen-bond acceptors (Lipinski definition) is 8. The number of hydrogen-bond donors (Lipinski definition) is 3. The fourth-order valence-corrected chi connectivity index (χ4v) is 8.19. The number of Topliss-reactive ketones (excluding diaryl/α,β-unsaturated/α-hetero) is 1. The van der Waals surface area contributed by atoms with E-state index in [-0.39, 0.29) is 73.3 Å². The van der Waals surface area contributed by atoms with E-state index in [0.29, 0.717) is 6.42 Å². The van der Waals surface area contributed by atoms with Gasteiger partial charge in [0.1, 0.15) is 5.60 Å². The molecule has 0 aromatic rings. The molecule has 3 N–H and O–H groups in total. The topological polar surface area (TPSA) is 155 Å². The Morgan fingerprint density at radius 2 is 1.94 bits per heavy atom. The van der Waals surface area contributed by atoms with E-state index in [9.17, 15) is 33.0 Å². The van der Waals surface area contributed by atoms with Gasteiger partial charge in [-0.25, -0.2) is 0 Å². The Labute approximate surface area is 235 Å². The first-order chi connectivity index (χ1) is 16.1. The molecular formula is C25H35NaO9S. The smallest absolute Gasteiger partial charge is 1.00 e. The van der Waals surface area contributed by atoms with Crippen molar-refractivity contribution in [2.45, 2.75) is 64.6 Å². The van der Waals surface area contributed by atoms with Crippen LogP contribution in [0.4, 0.5) is 0 Å². The Morgan fingerprint density at radius 3 is 2.58 bits per heavy atom. The predicted octanol–water partition coefficient (Wildman–Crippen LogP) is -1.25. The molecule has 3 saturated carbocycles. The standard InChI is InChI=1S/C25H34O9S.Na.H/c1-14-10-16-17-5-8-25(30,20(28)13-34-21(29)6-9-35(31,32)33)24(17,3)12-19(27)22(16)23(2)7-4-15(26)11-18(14)23;;/h4,7,11,14,16-17,19,22,27,30H,5-6,8-10,12-13H2,1-3H3,(H,31,32,33);;/q;+1;-1/t14?,16-,17-,19-,22+,23-,24-,25-;;/m0../s1. The van der Waals surface area contributed by atoms with E-state index in [4.69, 9.17) is 9.29 Å². The Balaban J connectivity index is 0.00000241. The molecule has 0 aromatic heterocycles. The Morgan fingerprint density at radius 1 is 1.28 bits per heavy atom. The molecule has 196 valence electrons. The number of ether oxygens (including phenoxy) is 1.